The van der Waals surface area contributed by atoms with E-state index in [0.717, 1.165) is 11.1 Å². The highest BCUT2D eigenvalue weighted by Crippen LogP contribution is 2.21. The molecule has 0 aliphatic carbocycles. The molecule has 0 heterocycles. The Labute approximate surface area is 235 Å². The molecule has 8 heteroatoms. The molecule has 1 unspecified atom stereocenters. The highest BCUT2D eigenvalue weighted by atomic mass is 16.6. The van der Waals surface area contributed by atoms with Gasteiger partial charge in [0.1, 0.15) is 11.7 Å². The van der Waals surface area contributed by atoms with Crippen molar-refractivity contribution in [3.05, 3.63) is 82.4 Å². The Bertz CT molecular complexity index is 1120. The molecule has 0 saturated carbocycles. The van der Waals surface area contributed by atoms with Crippen LogP contribution in [-0.4, -0.2) is 30.5 Å². The molecule has 0 aliphatic heterocycles. The molecule has 1 atom stereocenters. The van der Waals surface area contributed by atoms with E-state index >= 15 is 0 Å². The predicted octanol–water partition coefficient (Wildman–Crippen LogP) is 7.39. The van der Waals surface area contributed by atoms with E-state index in [4.69, 9.17) is 15.2 Å². The Kier molecular flexibility index (Phi) is 15.3. The standard InChI is InChI=1S/C28H40N4O4.C3H8/c1-17(2)23(31-27(34)36-28(7,8)9)16-15-19(4)24(30-10)25(20(5)29)32-26(33)35-21(6)22-14-12-11-13-18(22)3;1-3-2/h11-16,21H,1,29H2,2-10H3,(H,31,34)(H,32,33);3H2,1-2H3/b19-15+,23-16+,25-20+,30-24?;. The molecule has 39 heavy (non-hydrogen) atoms. The van der Waals surface area contributed by atoms with Crippen LogP contribution in [0.3, 0.4) is 0 Å². The lowest BCUT2D eigenvalue weighted by molar-refractivity contribution is 0.0547. The third kappa shape index (κ3) is 13.5. The summed E-state index contributed by atoms with van der Waals surface area (Å²) in [5, 5.41) is 5.43. The third-order valence-corrected chi connectivity index (χ3v) is 4.96. The zero-order valence-corrected chi connectivity index (χ0v) is 25.6. The lowest BCUT2D eigenvalue weighted by Gasteiger charge is -2.20. The molecule has 1 rings (SSSR count). The van der Waals surface area contributed by atoms with E-state index in [-0.39, 0.29) is 0 Å². The third-order valence-electron chi connectivity index (χ3n) is 4.96. The normalized spacial score (nSPS) is 13.8. The van der Waals surface area contributed by atoms with E-state index in [1.165, 1.54) is 6.42 Å². The summed E-state index contributed by atoms with van der Waals surface area (Å²) in [6.07, 6.45) is 3.00. The van der Waals surface area contributed by atoms with Gasteiger partial charge in [-0.3, -0.25) is 15.6 Å². The molecule has 1 aromatic rings. The van der Waals surface area contributed by atoms with Crippen molar-refractivity contribution < 1.29 is 19.1 Å². The van der Waals surface area contributed by atoms with Gasteiger partial charge in [-0.2, -0.15) is 0 Å². The van der Waals surface area contributed by atoms with Crippen molar-refractivity contribution in [1.29, 1.82) is 0 Å². The zero-order chi connectivity index (χ0) is 30.3. The highest BCUT2D eigenvalue weighted by Gasteiger charge is 2.19. The van der Waals surface area contributed by atoms with Crippen LogP contribution in [0.5, 0.6) is 0 Å². The fourth-order valence-electron chi connectivity index (χ4n) is 3.22. The van der Waals surface area contributed by atoms with E-state index in [1.54, 1.807) is 53.8 Å². The summed E-state index contributed by atoms with van der Waals surface area (Å²) in [5.74, 6) is 0. The van der Waals surface area contributed by atoms with Gasteiger partial charge in [-0.1, -0.05) is 57.2 Å². The molecule has 8 nitrogen and oxygen atoms in total. The Balaban J connectivity index is 0.00000458. The molecule has 0 saturated heterocycles. The monoisotopic (exact) mass is 540 g/mol. The number of nitrogens with zero attached hydrogens (tertiary/aromatic N) is 1. The second kappa shape index (κ2) is 16.9. The number of alkyl carbamates (subject to hydrolysis) is 2. The maximum atomic E-state index is 12.7. The molecule has 1 aromatic carbocycles. The summed E-state index contributed by atoms with van der Waals surface area (Å²) < 4.78 is 10.9. The topological polar surface area (TPSA) is 115 Å². The summed E-state index contributed by atoms with van der Waals surface area (Å²) in [6, 6.07) is 7.71. The number of carbonyl (C=O) groups excluding carboxylic acids is 2. The number of rotatable bonds is 8. The number of allylic oxidation sites excluding steroid dienone is 5. The van der Waals surface area contributed by atoms with Crippen molar-refractivity contribution in [2.75, 3.05) is 7.05 Å². The van der Waals surface area contributed by atoms with Gasteiger partial charge in [-0.25, -0.2) is 9.59 Å². The molecule has 0 bridgehead atoms. The maximum Gasteiger partial charge on any atom is 0.412 e. The van der Waals surface area contributed by atoms with Crippen LogP contribution in [0.2, 0.25) is 0 Å². The number of carbonyl (C=O) groups is 2. The van der Waals surface area contributed by atoms with Crippen LogP contribution in [0.4, 0.5) is 9.59 Å². The summed E-state index contributed by atoms with van der Waals surface area (Å²) in [4.78, 5) is 29.2. The second-order valence-corrected chi connectivity index (χ2v) is 10.2. The number of amides is 2. The van der Waals surface area contributed by atoms with Gasteiger partial charge >= 0.3 is 12.2 Å². The number of nitrogens with two attached hydrogens (primary N) is 1. The van der Waals surface area contributed by atoms with E-state index in [0.29, 0.717) is 33.9 Å². The first kappa shape index (κ1) is 35.2. The van der Waals surface area contributed by atoms with Crippen LogP contribution < -0.4 is 16.4 Å². The fourth-order valence-corrected chi connectivity index (χ4v) is 3.22. The van der Waals surface area contributed by atoms with Gasteiger partial charge in [-0.15, -0.1) is 0 Å². The lowest BCUT2D eigenvalue weighted by atomic mass is 10.0. The van der Waals surface area contributed by atoms with Gasteiger partial charge < -0.3 is 15.2 Å². The Morgan fingerprint density at radius 1 is 1.08 bits per heavy atom. The van der Waals surface area contributed by atoms with Crippen LogP contribution in [-0.2, 0) is 9.47 Å². The van der Waals surface area contributed by atoms with E-state index in [9.17, 15) is 9.59 Å². The number of hydrogen-bond acceptors (Lipinski definition) is 6. The molecule has 4 N–H and O–H groups in total. The summed E-state index contributed by atoms with van der Waals surface area (Å²) in [6.45, 7) is 22.5. The van der Waals surface area contributed by atoms with Crippen molar-refractivity contribution >= 4 is 17.9 Å². The molecule has 0 spiro atoms. The lowest BCUT2D eigenvalue weighted by Crippen LogP contribution is -2.32. The maximum absolute atomic E-state index is 12.7. The van der Waals surface area contributed by atoms with Crippen molar-refractivity contribution in [2.45, 2.75) is 87.4 Å². The Hall–Kier alpha value is -3.81. The smallest absolute Gasteiger partial charge is 0.412 e. The van der Waals surface area contributed by atoms with Crippen molar-refractivity contribution in [3.8, 4) is 0 Å². The largest absolute Gasteiger partial charge is 0.444 e. The first-order valence-electron chi connectivity index (χ1n) is 13.1. The molecule has 0 aromatic heterocycles. The van der Waals surface area contributed by atoms with Gasteiger partial charge in [0, 0.05) is 18.4 Å². The summed E-state index contributed by atoms with van der Waals surface area (Å²) in [7, 11) is 1.60. The fraction of sp³-hybridized carbons (Fsp3) is 0.452. The number of nitrogens with one attached hydrogen (secondary N) is 2. The van der Waals surface area contributed by atoms with Crippen LogP contribution in [0.25, 0.3) is 0 Å². The molecular weight excluding hydrogens is 492 g/mol. The van der Waals surface area contributed by atoms with Gasteiger partial charge in [0.2, 0.25) is 0 Å². The summed E-state index contributed by atoms with van der Waals surface area (Å²) >= 11 is 0. The predicted molar refractivity (Wildman–Crippen MR) is 161 cm³/mol. The quantitative estimate of drug-likeness (QED) is 0.235. The number of aliphatic imine (C=N–C) groups is 1. The van der Waals surface area contributed by atoms with E-state index in [1.807, 2.05) is 45.0 Å². The molecule has 0 radical (unpaired) electrons. The van der Waals surface area contributed by atoms with Crippen LogP contribution in [0, 0.1) is 6.92 Å². The van der Waals surface area contributed by atoms with Gasteiger partial charge in [0.25, 0.3) is 0 Å². The minimum atomic E-state index is -0.649. The number of ether oxygens (including phenoxy) is 2. The van der Waals surface area contributed by atoms with Crippen LogP contribution in [0.1, 0.15) is 86.0 Å². The van der Waals surface area contributed by atoms with Crippen LogP contribution >= 0.6 is 0 Å². The first-order valence-corrected chi connectivity index (χ1v) is 13.1. The van der Waals surface area contributed by atoms with Gasteiger partial charge in [0.15, 0.2) is 0 Å². The van der Waals surface area contributed by atoms with Gasteiger partial charge in [0.05, 0.1) is 11.4 Å². The van der Waals surface area contributed by atoms with E-state index < -0.39 is 23.9 Å². The van der Waals surface area contributed by atoms with E-state index in [2.05, 4.69) is 36.1 Å². The molecular formula is C31H48N4O4. The average molecular weight is 541 g/mol. The molecule has 216 valence electrons. The number of aryl methyl sites for hydroxylation is 1. The van der Waals surface area contributed by atoms with Gasteiger partial charge in [-0.05, 0) is 83.7 Å². The molecule has 2 amide bonds. The molecule has 0 aliphatic rings. The minimum Gasteiger partial charge on any atom is -0.444 e. The second-order valence-electron chi connectivity index (χ2n) is 10.2. The Morgan fingerprint density at radius 2 is 1.64 bits per heavy atom. The number of hydrogen-bond donors (Lipinski definition) is 3. The van der Waals surface area contributed by atoms with Crippen molar-refractivity contribution in [1.82, 2.24) is 10.6 Å². The Morgan fingerprint density at radius 3 is 2.10 bits per heavy atom. The van der Waals surface area contributed by atoms with Crippen molar-refractivity contribution in [3.63, 3.8) is 0 Å². The number of benzene rings is 1. The minimum absolute atomic E-state index is 0.332. The SMILES string of the molecule is C=C(C)/C(=C\C=C(/C)C(=NC)/C(NC(=O)OC(C)c1ccccc1C)=C(/C)N)NC(=O)OC(C)(C)C.CCC. The average Bonchev–Trinajstić information content (AvgIpc) is 2.80. The first-order chi connectivity index (χ1) is 18.1. The summed E-state index contributed by atoms with van der Waals surface area (Å²) in [5.41, 5.74) is 10.4. The van der Waals surface area contributed by atoms with Crippen molar-refractivity contribution in [2.24, 2.45) is 10.7 Å². The zero-order valence-electron chi connectivity index (χ0n) is 25.6. The molecule has 0 fully saturated rings. The highest BCUT2D eigenvalue weighted by molar-refractivity contribution is 6.13. The van der Waals surface area contributed by atoms with Crippen LogP contribution in [0.15, 0.2) is 76.2 Å².